The fourth-order valence-corrected chi connectivity index (χ4v) is 1.73. The van der Waals surface area contributed by atoms with Gasteiger partial charge in [-0.3, -0.25) is 4.79 Å². The first-order valence-corrected chi connectivity index (χ1v) is 5.90. The van der Waals surface area contributed by atoms with Gasteiger partial charge in [0.25, 0.3) is 0 Å². The number of para-hydroxylation sites is 1. The van der Waals surface area contributed by atoms with Gasteiger partial charge in [-0.05, 0) is 17.3 Å². The van der Waals surface area contributed by atoms with Crippen molar-refractivity contribution in [1.29, 1.82) is 0 Å². The van der Waals surface area contributed by atoms with Crippen LogP contribution in [0.2, 0.25) is 0 Å². The molecule has 0 amide bonds. The van der Waals surface area contributed by atoms with Crippen LogP contribution in [0.5, 0.6) is 0 Å². The maximum atomic E-state index is 10.7. The predicted molar refractivity (Wildman–Crippen MR) is 68.5 cm³/mol. The van der Waals surface area contributed by atoms with Crippen LogP contribution < -0.4 is 4.90 Å². The third-order valence-corrected chi connectivity index (χ3v) is 2.60. The van der Waals surface area contributed by atoms with Gasteiger partial charge in [-0.25, -0.2) is 0 Å². The van der Waals surface area contributed by atoms with Gasteiger partial charge in [0.1, 0.15) is 0 Å². The number of anilines is 1. The largest absolute Gasteiger partial charge is 0.481 e. The quantitative estimate of drug-likeness (QED) is 0.823. The summed E-state index contributed by atoms with van der Waals surface area (Å²) in [4.78, 5) is 14.0. The number of carboxylic acid groups (broad SMARTS) is 1. The van der Waals surface area contributed by atoms with Gasteiger partial charge in [0.15, 0.2) is 5.82 Å². The molecule has 0 aliphatic heterocycles. The molecule has 0 unspecified atom stereocenters. The lowest BCUT2D eigenvalue weighted by atomic mass is 10.2. The average Bonchev–Trinajstić information content (AvgIpc) is 2.81. The van der Waals surface area contributed by atoms with Crippen LogP contribution in [0.3, 0.4) is 0 Å². The molecule has 0 fully saturated rings. The molecule has 0 radical (unpaired) electrons. The molecule has 1 heterocycles. The minimum atomic E-state index is -0.826. The molecule has 0 aliphatic carbocycles. The van der Waals surface area contributed by atoms with Crippen LogP contribution in [-0.2, 0) is 18.4 Å². The lowest BCUT2D eigenvalue weighted by Gasteiger charge is -2.22. The minimum Gasteiger partial charge on any atom is -0.481 e. The minimum absolute atomic E-state index is 0.0646. The molecular formula is C12H15N5O2. The van der Waals surface area contributed by atoms with Crippen molar-refractivity contribution in [3.05, 3.63) is 36.2 Å². The third kappa shape index (κ3) is 3.77. The molecule has 0 saturated carbocycles. The average molecular weight is 261 g/mol. The lowest BCUT2D eigenvalue weighted by Crippen LogP contribution is -2.26. The predicted octanol–water partition coefficient (Wildman–Crippen LogP) is 0.691. The Bertz CT molecular complexity index is 540. The number of carbonyl (C=O) groups is 1. The first-order chi connectivity index (χ1) is 9.15. The van der Waals surface area contributed by atoms with Crippen molar-refractivity contribution in [2.75, 3.05) is 11.4 Å². The number of nitrogens with zero attached hydrogens (tertiary/aromatic N) is 5. The number of benzene rings is 1. The van der Waals surface area contributed by atoms with E-state index < -0.39 is 5.97 Å². The molecule has 0 atom stereocenters. The van der Waals surface area contributed by atoms with Gasteiger partial charge in [0.2, 0.25) is 0 Å². The lowest BCUT2D eigenvalue weighted by molar-refractivity contribution is -0.136. The number of aryl methyl sites for hydroxylation is 1. The second-order valence-corrected chi connectivity index (χ2v) is 4.10. The molecule has 100 valence electrons. The summed E-state index contributed by atoms with van der Waals surface area (Å²) in [5.74, 6) is -0.259. The molecule has 7 nitrogen and oxygen atoms in total. The van der Waals surface area contributed by atoms with Crippen molar-refractivity contribution in [2.24, 2.45) is 7.05 Å². The van der Waals surface area contributed by atoms with Crippen LogP contribution in [0.1, 0.15) is 12.2 Å². The number of hydrogen-bond acceptors (Lipinski definition) is 5. The van der Waals surface area contributed by atoms with E-state index in [1.54, 1.807) is 7.05 Å². The molecule has 19 heavy (non-hydrogen) atoms. The summed E-state index contributed by atoms with van der Waals surface area (Å²) in [5.41, 5.74) is 0.941. The van der Waals surface area contributed by atoms with Gasteiger partial charge in [-0.2, -0.15) is 4.80 Å². The summed E-state index contributed by atoms with van der Waals surface area (Å²) < 4.78 is 0. The van der Waals surface area contributed by atoms with Gasteiger partial charge in [-0.15, -0.1) is 10.2 Å². The number of carboxylic acids is 1. The van der Waals surface area contributed by atoms with Gasteiger partial charge < -0.3 is 10.0 Å². The molecular weight excluding hydrogens is 246 g/mol. The maximum absolute atomic E-state index is 10.7. The van der Waals surface area contributed by atoms with Crippen LogP contribution in [0.25, 0.3) is 0 Å². The summed E-state index contributed by atoms with van der Waals surface area (Å²) in [5, 5.41) is 20.6. The molecule has 1 aromatic carbocycles. The normalized spacial score (nSPS) is 10.4. The zero-order valence-electron chi connectivity index (χ0n) is 10.6. The first-order valence-electron chi connectivity index (χ1n) is 5.90. The Morgan fingerprint density at radius 1 is 1.37 bits per heavy atom. The Hall–Kier alpha value is -2.44. The summed E-state index contributed by atoms with van der Waals surface area (Å²) in [6.45, 7) is 0.836. The molecule has 0 bridgehead atoms. The van der Waals surface area contributed by atoms with E-state index in [-0.39, 0.29) is 6.42 Å². The molecule has 2 rings (SSSR count). The Kier molecular flexibility index (Phi) is 4.07. The molecule has 1 aromatic heterocycles. The zero-order chi connectivity index (χ0) is 13.7. The second kappa shape index (κ2) is 5.94. The number of rotatable bonds is 6. The number of hydrogen-bond donors (Lipinski definition) is 1. The van der Waals surface area contributed by atoms with E-state index in [0.29, 0.717) is 18.9 Å². The molecule has 7 heteroatoms. The molecule has 1 N–H and O–H groups in total. The molecule has 0 saturated heterocycles. The van der Waals surface area contributed by atoms with E-state index in [9.17, 15) is 4.79 Å². The van der Waals surface area contributed by atoms with Gasteiger partial charge in [-0.1, -0.05) is 18.2 Å². The fraction of sp³-hybridized carbons (Fsp3) is 0.333. The van der Waals surface area contributed by atoms with Crippen LogP contribution >= 0.6 is 0 Å². The van der Waals surface area contributed by atoms with Gasteiger partial charge in [0, 0.05) is 12.2 Å². The van der Waals surface area contributed by atoms with Crippen LogP contribution in [-0.4, -0.2) is 37.8 Å². The summed E-state index contributed by atoms with van der Waals surface area (Å²) in [6.07, 6.45) is 0.0646. The number of aliphatic carboxylic acids is 1. The van der Waals surface area contributed by atoms with E-state index in [1.165, 1.54) is 4.80 Å². The highest BCUT2D eigenvalue weighted by Crippen LogP contribution is 2.15. The molecule has 0 aliphatic rings. The Morgan fingerprint density at radius 2 is 2.11 bits per heavy atom. The highest BCUT2D eigenvalue weighted by Gasteiger charge is 2.12. The second-order valence-electron chi connectivity index (χ2n) is 4.10. The summed E-state index contributed by atoms with van der Waals surface area (Å²) >= 11 is 0. The molecule has 2 aromatic rings. The Morgan fingerprint density at radius 3 is 2.68 bits per heavy atom. The number of tetrazole rings is 1. The van der Waals surface area contributed by atoms with Crippen molar-refractivity contribution in [2.45, 2.75) is 13.0 Å². The SMILES string of the molecule is Cn1nnc(CN(CCC(=O)O)c2ccccc2)n1. The van der Waals surface area contributed by atoms with Crippen LogP contribution in [0.15, 0.2) is 30.3 Å². The van der Waals surface area contributed by atoms with E-state index >= 15 is 0 Å². The molecule has 0 spiro atoms. The van der Waals surface area contributed by atoms with Crippen molar-refractivity contribution < 1.29 is 9.90 Å². The smallest absolute Gasteiger partial charge is 0.305 e. The Balaban J connectivity index is 2.12. The fourth-order valence-electron chi connectivity index (χ4n) is 1.73. The van der Waals surface area contributed by atoms with Crippen LogP contribution in [0.4, 0.5) is 5.69 Å². The van der Waals surface area contributed by atoms with Crippen molar-refractivity contribution in [3.63, 3.8) is 0 Å². The van der Waals surface area contributed by atoms with E-state index in [2.05, 4.69) is 15.4 Å². The zero-order valence-corrected chi connectivity index (χ0v) is 10.6. The van der Waals surface area contributed by atoms with E-state index in [4.69, 9.17) is 5.11 Å². The van der Waals surface area contributed by atoms with Crippen molar-refractivity contribution in [3.8, 4) is 0 Å². The standard InChI is InChI=1S/C12H15N5O2/c1-16-14-11(13-15-16)9-17(8-7-12(18)19)10-5-3-2-4-6-10/h2-6H,7-9H2,1H3,(H,18,19). The maximum Gasteiger partial charge on any atom is 0.305 e. The van der Waals surface area contributed by atoms with Crippen molar-refractivity contribution >= 4 is 11.7 Å². The first kappa shape index (κ1) is 13.0. The topological polar surface area (TPSA) is 84.1 Å². The van der Waals surface area contributed by atoms with E-state index in [1.807, 2.05) is 35.2 Å². The van der Waals surface area contributed by atoms with E-state index in [0.717, 1.165) is 5.69 Å². The summed E-state index contributed by atoms with van der Waals surface area (Å²) in [7, 11) is 1.70. The van der Waals surface area contributed by atoms with Crippen molar-refractivity contribution in [1.82, 2.24) is 20.2 Å². The van der Waals surface area contributed by atoms with Gasteiger partial charge in [0.05, 0.1) is 20.0 Å². The summed E-state index contributed by atoms with van der Waals surface area (Å²) in [6, 6.07) is 9.59. The highest BCUT2D eigenvalue weighted by atomic mass is 16.4. The number of aromatic nitrogens is 4. The highest BCUT2D eigenvalue weighted by molar-refractivity contribution is 5.67. The van der Waals surface area contributed by atoms with Crippen LogP contribution in [0, 0.1) is 0 Å². The van der Waals surface area contributed by atoms with Gasteiger partial charge >= 0.3 is 5.97 Å². The monoisotopic (exact) mass is 261 g/mol. The third-order valence-electron chi connectivity index (χ3n) is 2.60. The Labute approximate surface area is 110 Å².